The highest BCUT2D eigenvalue weighted by Crippen LogP contribution is 2.33. The van der Waals surface area contributed by atoms with Crippen molar-refractivity contribution in [3.63, 3.8) is 0 Å². The van der Waals surface area contributed by atoms with E-state index in [-0.39, 0.29) is 18.6 Å². The van der Waals surface area contributed by atoms with Gasteiger partial charge in [-0.2, -0.15) is 5.10 Å². The Morgan fingerprint density at radius 1 is 1.17 bits per heavy atom. The number of amides is 1. The number of benzene rings is 2. The molecule has 148 valence electrons. The molecular weight excluding hydrogens is 388 g/mol. The molecule has 2 heterocycles. The average Bonchev–Trinajstić information content (AvgIpc) is 3.38. The van der Waals surface area contributed by atoms with Gasteiger partial charge in [0.25, 0.3) is 5.91 Å². The van der Waals surface area contributed by atoms with E-state index in [9.17, 15) is 4.79 Å². The Morgan fingerprint density at radius 2 is 1.93 bits per heavy atom. The van der Waals surface area contributed by atoms with Crippen molar-refractivity contribution in [2.24, 2.45) is 5.10 Å². The van der Waals surface area contributed by atoms with Crippen LogP contribution in [0.1, 0.15) is 34.9 Å². The zero-order valence-corrected chi connectivity index (χ0v) is 17.0. The number of ether oxygens (including phenoxy) is 1. The maximum Gasteiger partial charge on any atom is 0.281 e. The Hall–Kier alpha value is -3.05. The second-order valence-corrected chi connectivity index (χ2v) is 7.52. The molecule has 4 rings (SSSR count). The molecule has 0 unspecified atom stereocenters. The van der Waals surface area contributed by atoms with Gasteiger partial charge in [-0.25, -0.2) is 5.01 Å². The van der Waals surface area contributed by atoms with E-state index < -0.39 is 0 Å². The van der Waals surface area contributed by atoms with E-state index in [0.717, 1.165) is 16.8 Å². The van der Waals surface area contributed by atoms with Gasteiger partial charge < -0.3 is 9.15 Å². The summed E-state index contributed by atoms with van der Waals surface area (Å²) in [4.78, 5) is 13.0. The Balaban J connectivity index is 1.56. The highest BCUT2D eigenvalue weighted by molar-refractivity contribution is 6.32. The molecule has 0 fully saturated rings. The molecule has 0 radical (unpaired) electrons. The van der Waals surface area contributed by atoms with E-state index in [4.69, 9.17) is 20.8 Å². The lowest BCUT2D eigenvalue weighted by Gasteiger charge is -2.20. The van der Waals surface area contributed by atoms with E-state index in [0.29, 0.717) is 23.0 Å². The molecule has 3 aromatic rings. The molecular formula is C23H21ClN2O3. The van der Waals surface area contributed by atoms with Crippen molar-refractivity contribution in [2.45, 2.75) is 26.3 Å². The van der Waals surface area contributed by atoms with Crippen molar-refractivity contribution in [1.82, 2.24) is 5.01 Å². The number of carbonyl (C=O) groups is 1. The zero-order chi connectivity index (χ0) is 20.4. The Bertz CT molecular complexity index is 1040. The molecule has 0 bridgehead atoms. The van der Waals surface area contributed by atoms with Crippen molar-refractivity contribution in [3.05, 3.63) is 88.3 Å². The summed E-state index contributed by atoms with van der Waals surface area (Å²) in [5.41, 5.74) is 4.01. The first-order valence-electron chi connectivity index (χ1n) is 9.40. The maximum atomic E-state index is 13.0. The molecule has 1 aliphatic heterocycles. The highest BCUT2D eigenvalue weighted by Gasteiger charge is 2.35. The van der Waals surface area contributed by atoms with Gasteiger partial charge in [0.05, 0.1) is 17.0 Å². The first-order chi connectivity index (χ1) is 14.0. The summed E-state index contributed by atoms with van der Waals surface area (Å²) in [6.45, 7) is 3.82. The lowest BCUT2D eigenvalue weighted by Crippen LogP contribution is -2.31. The minimum Gasteiger partial charge on any atom is -0.482 e. The largest absolute Gasteiger partial charge is 0.482 e. The number of hydrazone groups is 1. The van der Waals surface area contributed by atoms with Crippen LogP contribution in [0.25, 0.3) is 0 Å². The summed E-state index contributed by atoms with van der Waals surface area (Å²) in [5.74, 6) is 0.917. The van der Waals surface area contributed by atoms with E-state index in [2.05, 4.69) is 5.10 Å². The molecule has 1 aliphatic rings. The fraction of sp³-hybridized carbons (Fsp3) is 0.217. The number of hydrogen-bond donors (Lipinski definition) is 0. The lowest BCUT2D eigenvalue weighted by molar-refractivity contribution is -0.135. The maximum absolute atomic E-state index is 13.0. The SMILES string of the molecule is Cc1ccc(C2=NN(C(=O)COc3cc(C)ccc3Cl)[C@@H](c3ccco3)C2)cc1. The van der Waals surface area contributed by atoms with Gasteiger partial charge in [-0.1, -0.05) is 47.5 Å². The van der Waals surface area contributed by atoms with Crippen molar-refractivity contribution in [3.8, 4) is 5.75 Å². The summed E-state index contributed by atoms with van der Waals surface area (Å²) >= 11 is 6.17. The van der Waals surface area contributed by atoms with Gasteiger partial charge in [0.1, 0.15) is 17.6 Å². The number of hydrogen-bond acceptors (Lipinski definition) is 4. The quantitative estimate of drug-likeness (QED) is 0.575. The van der Waals surface area contributed by atoms with Crippen LogP contribution in [0.15, 0.2) is 70.4 Å². The zero-order valence-electron chi connectivity index (χ0n) is 16.3. The first-order valence-corrected chi connectivity index (χ1v) is 9.78. The molecule has 29 heavy (non-hydrogen) atoms. The molecule has 0 N–H and O–H groups in total. The molecule has 0 aliphatic carbocycles. The molecule has 6 heteroatoms. The fourth-order valence-corrected chi connectivity index (χ4v) is 3.46. The number of aryl methyl sites for hydroxylation is 2. The number of halogens is 1. The van der Waals surface area contributed by atoms with Crippen LogP contribution in [0.4, 0.5) is 0 Å². The summed E-state index contributed by atoms with van der Waals surface area (Å²) in [6, 6.07) is 16.9. The summed E-state index contributed by atoms with van der Waals surface area (Å²) < 4.78 is 11.3. The number of nitrogens with zero attached hydrogens (tertiary/aromatic N) is 2. The minimum atomic E-state index is -0.301. The van der Waals surface area contributed by atoms with Crippen molar-refractivity contribution >= 4 is 23.2 Å². The smallest absolute Gasteiger partial charge is 0.281 e. The molecule has 1 aromatic heterocycles. The molecule has 2 aromatic carbocycles. The molecule has 0 saturated heterocycles. The summed E-state index contributed by atoms with van der Waals surface area (Å²) in [5, 5.41) is 6.53. The molecule has 0 spiro atoms. The van der Waals surface area contributed by atoms with Crippen LogP contribution in [0.5, 0.6) is 5.75 Å². The summed E-state index contributed by atoms with van der Waals surface area (Å²) in [6.07, 6.45) is 2.18. The third-order valence-electron chi connectivity index (χ3n) is 4.86. The fourth-order valence-electron chi connectivity index (χ4n) is 3.29. The second-order valence-electron chi connectivity index (χ2n) is 7.11. The molecule has 0 saturated carbocycles. The Labute approximate surface area is 174 Å². The van der Waals surface area contributed by atoms with Gasteiger partial charge in [0, 0.05) is 6.42 Å². The molecule has 1 amide bonds. The monoisotopic (exact) mass is 408 g/mol. The number of carbonyl (C=O) groups excluding carboxylic acids is 1. The van der Waals surface area contributed by atoms with Gasteiger partial charge in [-0.05, 0) is 49.2 Å². The molecule has 1 atom stereocenters. The Morgan fingerprint density at radius 3 is 2.66 bits per heavy atom. The summed E-state index contributed by atoms with van der Waals surface area (Å²) in [7, 11) is 0. The van der Waals surface area contributed by atoms with Crippen molar-refractivity contribution in [2.75, 3.05) is 6.61 Å². The van der Waals surface area contributed by atoms with Crippen LogP contribution in [0.3, 0.4) is 0 Å². The second kappa shape index (κ2) is 8.13. The van der Waals surface area contributed by atoms with Crippen LogP contribution >= 0.6 is 11.6 Å². The van der Waals surface area contributed by atoms with Crippen LogP contribution in [0.2, 0.25) is 5.02 Å². The Kier molecular flexibility index (Phi) is 5.41. The van der Waals surface area contributed by atoms with Crippen LogP contribution in [-0.4, -0.2) is 23.2 Å². The average molecular weight is 409 g/mol. The third kappa shape index (κ3) is 4.20. The lowest BCUT2D eigenvalue weighted by atomic mass is 10.0. The van der Waals surface area contributed by atoms with E-state index in [1.807, 2.05) is 62.4 Å². The predicted molar refractivity (Wildman–Crippen MR) is 112 cm³/mol. The van der Waals surface area contributed by atoms with Gasteiger partial charge in [-0.3, -0.25) is 4.79 Å². The third-order valence-corrected chi connectivity index (χ3v) is 5.17. The van der Waals surface area contributed by atoms with E-state index >= 15 is 0 Å². The van der Waals surface area contributed by atoms with Crippen LogP contribution in [0, 0.1) is 13.8 Å². The van der Waals surface area contributed by atoms with E-state index in [1.54, 1.807) is 12.3 Å². The number of furan rings is 1. The topological polar surface area (TPSA) is 55.0 Å². The van der Waals surface area contributed by atoms with E-state index in [1.165, 1.54) is 10.6 Å². The van der Waals surface area contributed by atoms with Crippen LogP contribution < -0.4 is 4.74 Å². The predicted octanol–water partition coefficient (Wildman–Crippen LogP) is 5.31. The van der Waals surface area contributed by atoms with Crippen molar-refractivity contribution < 1.29 is 13.9 Å². The normalized spacial score (nSPS) is 16.0. The van der Waals surface area contributed by atoms with Gasteiger partial charge in [0.15, 0.2) is 6.61 Å². The van der Waals surface area contributed by atoms with Gasteiger partial charge in [0.2, 0.25) is 0 Å². The van der Waals surface area contributed by atoms with Gasteiger partial charge in [-0.15, -0.1) is 0 Å². The highest BCUT2D eigenvalue weighted by atomic mass is 35.5. The van der Waals surface area contributed by atoms with Gasteiger partial charge >= 0.3 is 0 Å². The standard InChI is InChI=1S/C23H21ClN2O3/c1-15-5-8-17(9-6-15)19-13-20(21-4-3-11-28-21)26(25-19)23(27)14-29-22-12-16(2)7-10-18(22)24/h3-12,20H,13-14H2,1-2H3/t20-/m1/s1. The minimum absolute atomic E-state index is 0.162. The first kappa shape index (κ1) is 19.3. The van der Waals surface area contributed by atoms with Crippen LogP contribution in [-0.2, 0) is 4.79 Å². The number of rotatable bonds is 5. The van der Waals surface area contributed by atoms with Crippen molar-refractivity contribution in [1.29, 1.82) is 0 Å². The molecule has 5 nitrogen and oxygen atoms in total.